The van der Waals surface area contributed by atoms with E-state index in [4.69, 9.17) is 0 Å². The summed E-state index contributed by atoms with van der Waals surface area (Å²) in [6.07, 6.45) is 1.78. The van der Waals surface area contributed by atoms with E-state index in [2.05, 4.69) is 122 Å². The molecular formula is C36H28N2. The fourth-order valence-electron chi connectivity index (χ4n) is 5.55. The van der Waals surface area contributed by atoms with Crippen LogP contribution in [0.25, 0.3) is 55.8 Å². The van der Waals surface area contributed by atoms with E-state index in [1.807, 2.05) is 13.0 Å². The average Bonchev–Trinajstić information content (AvgIpc) is 3.25. The molecule has 38 heavy (non-hydrogen) atoms. The molecule has 0 atom stereocenters. The van der Waals surface area contributed by atoms with Crippen molar-refractivity contribution in [2.24, 2.45) is 0 Å². The van der Waals surface area contributed by atoms with Gasteiger partial charge in [0.05, 0.1) is 16.6 Å². The minimum Gasteiger partial charge on any atom is -0.309 e. The summed E-state index contributed by atoms with van der Waals surface area (Å²) in [4.78, 5) is 0. The van der Waals surface area contributed by atoms with Crippen LogP contribution in [0.4, 0.5) is 0 Å². The predicted octanol–water partition coefficient (Wildman–Crippen LogP) is 9.56. The normalized spacial score (nSPS) is 11.1. The molecule has 6 aromatic rings. The van der Waals surface area contributed by atoms with Crippen LogP contribution in [-0.4, -0.2) is 4.57 Å². The molecule has 6 rings (SSSR count). The monoisotopic (exact) mass is 488 g/mol. The Kier molecular flexibility index (Phi) is 5.70. The molecular weight excluding hydrogens is 460 g/mol. The number of nitrogens with zero attached hydrogens (tertiary/aromatic N) is 2. The van der Waals surface area contributed by atoms with Gasteiger partial charge in [0.25, 0.3) is 0 Å². The van der Waals surface area contributed by atoms with Crippen LogP contribution in [0.2, 0.25) is 0 Å². The first-order valence-corrected chi connectivity index (χ1v) is 12.9. The minimum absolute atomic E-state index is 0.671. The standard InChI is InChI=1S/C36H28N2/c1-5-30-25(4)11-16-31(34(30)22-37)28-8-6-7-27(21-28)26-12-14-29(15-13-26)38-35-17-9-23(2)19-32(35)33-20-24(3)10-18-36(33)38/h5-21H,1H2,2-4H3. The molecule has 2 heteroatoms. The molecule has 182 valence electrons. The lowest BCUT2D eigenvalue weighted by Crippen LogP contribution is -1.94. The van der Waals surface area contributed by atoms with Crippen LogP contribution in [0.3, 0.4) is 0 Å². The lowest BCUT2D eigenvalue weighted by molar-refractivity contribution is 1.18. The Hall–Kier alpha value is -4.87. The Morgan fingerprint density at radius 2 is 1.32 bits per heavy atom. The highest BCUT2D eigenvalue weighted by Gasteiger charge is 2.14. The molecule has 0 aliphatic heterocycles. The van der Waals surface area contributed by atoms with Gasteiger partial charge in [-0.15, -0.1) is 0 Å². The molecule has 1 heterocycles. The summed E-state index contributed by atoms with van der Waals surface area (Å²) in [7, 11) is 0. The third kappa shape index (κ3) is 3.81. The summed E-state index contributed by atoms with van der Waals surface area (Å²) < 4.78 is 2.35. The largest absolute Gasteiger partial charge is 0.309 e. The summed E-state index contributed by atoms with van der Waals surface area (Å²) in [6, 6.07) is 37.1. The molecule has 0 N–H and O–H groups in total. The fourth-order valence-corrected chi connectivity index (χ4v) is 5.55. The van der Waals surface area contributed by atoms with Crippen LogP contribution in [0.15, 0.2) is 104 Å². The first-order chi connectivity index (χ1) is 18.5. The van der Waals surface area contributed by atoms with Gasteiger partial charge in [0.1, 0.15) is 6.07 Å². The molecule has 0 saturated carbocycles. The Morgan fingerprint density at radius 1 is 0.684 bits per heavy atom. The number of aromatic nitrogens is 1. The number of rotatable bonds is 4. The van der Waals surface area contributed by atoms with E-state index in [-0.39, 0.29) is 0 Å². The van der Waals surface area contributed by atoms with Crippen LogP contribution < -0.4 is 0 Å². The maximum absolute atomic E-state index is 9.90. The van der Waals surface area contributed by atoms with E-state index in [0.29, 0.717) is 5.56 Å². The van der Waals surface area contributed by atoms with Gasteiger partial charge < -0.3 is 4.57 Å². The highest BCUT2D eigenvalue weighted by atomic mass is 15.0. The number of hydrogen-bond acceptors (Lipinski definition) is 1. The molecule has 0 aliphatic carbocycles. The zero-order valence-electron chi connectivity index (χ0n) is 21.9. The SMILES string of the molecule is C=Cc1c(C)ccc(-c2cccc(-c3ccc(-n4c5ccc(C)cc5c5cc(C)ccc54)cc3)c2)c1C#N. The molecule has 0 aliphatic rings. The van der Waals surface area contributed by atoms with Crippen molar-refractivity contribution in [2.75, 3.05) is 0 Å². The highest BCUT2D eigenvalue weighted by Crippen LogP contribution is 2.35. The summed E-state index contributed by atoms with van der Waals surface area (Å²) in [5, 5.41) is 12.5. The van der Waals surface area contributed by atoms with Gasteiger partial charge in [-0.2, -0.15) is 5.26 Å². The van der Waals surface area contributed by atoms with Crippen LogP contribution in [0, 0.1) is 32.1 Å². The second kappa shape index (κ2) is 9.21. The average molecular weight is 489 g/mol. The van der Waals surface area contributed by atoms with Gasteiger partial charge in [-0.3, -0.25) is 0 Å². The van der Waals surface area contributed by atoms with E-state index in [9.17, 15) is 5.26 Å². The lowest BCUT2D eigenvalue weighted by Gasteiger charge is -2.12. The number of fused-ring (bicyclic) bond motifs is 3. The van der Waals surface area contributed by atoms with Crippen molar-refractivity contribution in [3.05, 3.63) is 131 Å². The number of aryl methyl sites for hydroxylation is 3. The second-order valence-electron chi connectivity index (χ2n) is 10.0. The van der Waals surface area contributed by atoms with Crippen LogP contribution in [-0.2, 0) is 0 Å². The Balaban J connectivity index is 1.44. The van der Waals surface area contributed by atoms with Gasteiger partial charge in [-0.05, 0) is 91.1 Å². The zero-order valence-corrected chi connectivity index (χ0v) is 21.9. The lowest BCUT2D eigenvalue weighted by atomic mass is 9.91. The highest BCUT2D eigenvalue weighted by molar-refractivity contribution is 6.09. The van der Waals surface area contributed by atoms with Crippen molar-refractivity contribution in [1.29, 1.82) is 5.26 Å². The molecule has 0 saturated heterocycles. The van der Waals surface area contributed by atoms with Gasteiger partial charge in [-0.1, -0.05) is 78.4 Å². The van der Waals surface area contributed by atoms with Crippen molar-refractivity contribution in [3.8, 4) is 34.0 Å². The molecule has 1 aromatic heterocycles. The molecule has 0 fully saturated rings. The Morgan fingerprint density at radius 3 is 1.92 bits per heavy atom. The fraction of sp³-hybridized carbons (Fsp3) is 0.0833. The number of benzene rings is 5. The van der Waals surface area contributed by atoms with E-state index < -0.39 is 0 Å². The van der Waals surface area contributed by atoms with Gasteiger partial charge in [0.2, 0.25) is 0 Å². The van der Waals surface area contributed by atoms with Crippen LogP contribution in [0.5, 0.6) is 0 Å². The molecule has 5 aromatic carbocycles. The number of nitriles is 1. The van der Waals surface area contributed by atoms with Crippen molar-refractivity contribution >= 4 is 27.9 Å². The molecule has 2 nitrogen and oxygen atoms in total. The topological polar surface area (TPSA) is 28.7 Å². The summed E-state index contributed by atoms with van der Waals surface area (Å²) >= 11 is 0. The third-order valence-corrected chi connectivity index (χ3v) is 7.49. The smallest absolute Gasteiger partial charge is 0.100 e. The zero-order chi connectivity index (χ0) is 26.4. The summed E-state index contributed by atoms with van der Waals surface area (Å²) in [6.45, 7) is 10.2. The molecule has 0 bridgehead atoms. The van der Waals surface area contributed by atoms with Crippen molar-refractivity contribution < 1.29 is 0 Å². The summed E-state index contributed by atoms with van der Waals surface area (Å²) in [5.41, 5.74) is 12.9. The Labute approximate surface area is 223 Å². The van der Waals surface area contributed by atoms with Gasteiger partial charge >= 0.3 is 0 Å². The van der Waals surface area contributed by atoms with Crippen LogP contribution >= 0.6 is 0 Å². The van der Waals surface area contributed by atoms with Gasteiger partial charge in [-0.25, -0.2) is 0 Å². The first-order valence-electron chi connectivity index (χ1n) is 12.9. The quantitative estimate of drug-likeness (QED) is 0.243. The third-order valence-electron chi connectivity index (χ3n) is 7.49. The van der Waals surface area contributed by atoms with Crippen molar-refractivity contribution in [2.45, 2.75) is 20.8 Å². The van der Waals surface area contributed by atoms with Crippen molar-refractivity contribution in [3.63, 3.8) is 0 Å². The maximum Gasteiger partial charge on any atom is 0.100 e. The van der Waals surface area contributed by atoms with Gasteiger partial charge in [0.15, 0.2) is 0 Å². The molecule has 0 unspecified atom stereocenters. The minimum atomic E-state index is 0.671. The van der Waals surface area contributed by atoms with Gasteiger partial charge in [0, 0.05) is 22.0 Å². The van der Waals surface area contributed by atoms with E-state index in [1.54, 1.807) is 6.08 Å². The molecule has 0 radical (unpaired) electrons. The Bertz CT molecular complexity index is 1850. The van der Waals surface area contributed by atoms with Crippen molar-refractivity contribution in [1.82, 2.24) is 4.57 Å². The number of hydrogen-bond donors (Lipinski definition) is 0. The van der Waals surface area contributed by atoms with E-state index in [1.165, 1.54) is 32.9 Å². The molecule has 0 spiro atoms. The first kappa shape index (κ1) is 23.5. The van der Waals surface area contributed by atoms with E-state index in [0.717, 1.165) is 39.1 Å². The maximum atomic E-state index is 9.90. The molecule has 0 amide bonds. The van der Waals surface area contributed by atoms with Crippen LogP contribution in [0.1, 0.15) is 27.8 Å². The van der Waals surface area contributed by atoms with E-state index >= 15 is 0 Å². The second-order valence-corrected chi connectivity index (χ2v) is 10.0. The predicted molar refractivity (Wildman–Crippen MR) is 161 cm³/mol. The summed E-state index contributed by atoms with van der Waals surface area (Å²) in [5.74, 6) is 0.